The Morgan fingerprint density at radius 2 is 0.872 bits per heavy atom. The van der Waals surface area contributed by atoms with Gasteiger partial charge in [-0.25, -0.2) is 13.1 Å². The first kappa shape index (κ1) is 37.8. The van der Waals surface area contributed by atoms with Gasteiger partial charge in [-0.15, -0.1) is 0 Å². The van der Waals surface area contributed by atoms with Gasteiger partial charge in [-0.2, -0.15) is 74.6 Å². The van der Waals surface area contributed by atoms with Crippen molar-refractivity contribution < 1.29 is 96.3 Å². The Hall–Kier alpha value is -1.18. The zero-order valence-corrected chi connectivity index (χ0v) is 20.8. The maximum Gasteiger partial charge on any atom is 0.500 e. The largest absolute Gasteiger partial charge is 0.500 e. The molecule has 0 saturated carbocycles. The average molecular weight is 661 g/mol. The molecule has 0 radical (unpaired) electrons. The van der Waals surface area contributed by atoms with Crippen LogP contribution < -0.4 is 4.72 Å². The number of nitrogens with one attached hydrogen (secondary N) is 1. The van der Waals surface area contributed by atoms with Crippen LogP contribution in [-0.4, -0.2) is 92.1 Å². The number of sulfonamides is 1. The lowest BCUT2D eigenvalue weighted by atomic mass is 9.91. The van der Waals surface area contributed by atoms with E-state index < -0.39 is 84.8 Å². The van der Waals surface area contributed by atoms with E-state index in [0.717, 1.165) is 21.3 Å². The predicted molar refractivity (Wildman–Crippen MR) is 93.8 cm³/mol. The van der Waals surface area contributed by atoms with Gasteiger partial charge in [0.05, 0.1) is 0 Å². The third-order valence-corrected chi connectivity index (χ3v) is 9.26. The van der Waals surface area contributed by atoms with Gasteiger partial charge in [0, 0.05) is 33.9 Å². The van der Waals surface area contributed by atoms with Crippen molar-refractivity contribution in [1.29, 1.82) is 0 Å². The minimum Gasteiger partial charge on any atom is -0.377 e. The lowest BCUT2D eigenvalue weighted by Crippen LogP contribution is -2.75. The monoisotopic (exact) mass is 661 g/mol. The second-order valence-electron chi connectivity index (χ2n) is 7.26. The van der Waals surface area contributed by atoms with Gasteiger partial charge in [0.1, 0.15) is 0 Å². The van der Waals surface area contributed by atoms with Crippen molar-refractivity contribution in [3.63, 3.8) is 0 Å². The Morgan fingerprint density at radius 1 is 0.564 bits per heavy atom. The third-order valence-electron chi connectivity index (χ3n) is 4.92. The first-order valence-corrected chi connectivity index (χ1v) is 12.7. The zero-order chi connectivity index (χ0) is 31.9. The standard InChI is InChI=1S/C14H16F17NO5SSi/c1-35-39(36-2,37-3)6-4-5-32-38(33,34)14(30,31)12(25,26)10(21,22)8(17,18)7(15,16)9(19,20)11(23,24)13(27,28)29/h32H,4-6H2,1-3H3. The summed E-state index contributed by atoms with van der Waals surface area (Å²) in [6, 6.07) is -0.510. The summed E-state index contributed by atoms with van der Waals surface area (Å²) in [5.41, 5.74) is 0. The van der Waals surface area contributed by atoms with Gasteiger partial charge >= 0.3 is 55.8 Å². The van der Waals surface area contributed by atoms with E-state index in [1.165, 1.54) is 0 Å². The van der Waals surface area contributed by atoms with Gasteiger partial charge in [-0.05, 0) is 6.42 Å². The van der Waals surface area contributed by atoms with Gasteiger partial charge in [0.2, 0.25) is 0 Å². The van der Waals surface area contributed by atoms with Crippen LogP contribution in [0.1, 0.15) is 6.42 Å². The summed E-state index contributed by atoms with van der Waals surface area (Å²) < 4.78 is 263. The van der Waals surface area contributed by atoms with Crippen LogP contribution in [0.4, 0.5) is 74.6 Å². The molecular weight excluding hydrogens is 645 g/mol. The number of halogens is 17. The van der Waals surface area contributed by atoms with Crippen LogP contribution in [-0.2, 0) is 23.3 Å². The molecule has 0 atom stereocenters. The minimum absolute atomic E-state index is 0.502. The van der Waals surface area contributed by atoms with E-state index in [-0.39, 0.29) is 0 Å². The van der Waals surface area contributed by atoms with Crippen molar-refractivity contribution in [2.45, 2.75) is 59.4 Å². The highest BCUT2D eigenvalue weighted by Gasteiger charge is 2.96. The molecule has 25 heteroatoms. The molecular formula is C14H16F17NO5SSi. The summed E-state index contributed by atoms with van der Waals surface area (Å²) in [6.45, 7) is -1.44. The number of rotatable bonds is 15. The minimum atomic E-state index is -8.87. The molecule has 0 aromatic heterocycles. The van der Waals surface area contributed by atoms with Crippen molar-refractivity contribution in [1.82, 2.24) is 4.72 Å². The van der Waals surface area contributed by atoms with Gasteiger partial charge in [-0.3, -0.25) is 0 Å². The molecule has 0 unspecified atom stereocenters. The highest BCUT2D eigenvalue weighted by molar-refractivity contribution is 7.90. The third kappa shape index (κ3) is 5.66. The number of hydrogen-bond donors (Lipinski definition) is 1. The van der Waals surface area contributed by atoms with Crippen LogP contribution in [0, 0.1) is 0 Å². The van der Waals surface area contributed by atoms with Gasteiger partial charge in [-0.1, -0.05) is 0 Å². The zero-order valence-electron chi connectivity index (χ0n) is 19.0. The van der Waals surface area contributed by atoms with Crippen molar-refractivity contribution in [2.24, 2.45) is 0 Å². The summed E-state index contributed by atoms with van der Waals surface area (Å²) in [6.07, 6.45) is -8.65. The number of alkyl halides is 17. The SMILES string of the molecule is CO[Si](CCCNS(=O)(=O)C(F)(F)C(F)(F)C(F)(F)C(F)(F)C(F)(F)C(F)(F)C(F)(F)C(F)(F)F)(OC)OC. The van der Waals surface area contributed by atoms with Crippen LogP contribution in [0.15, 0.2) is 0 Å². The van der Waals surface area contributed by atoms with Crippen LogP contribution >= 0.6 is 0 Å². The Bertz CT molecular complexity index is 944. The van der Waals surface area contributed by atoms with Crippen molar-refractivity contribution >= 4 is 18.8 Å². The van der Waals surface area contributed by atoms with E-state index in [4.69, 9.17) is 13.3 Å². The molecule has 6 nitrogen and oxygen atoms in total. The van der Waals surface area contributed by atoms with E-state index in [9.17, 15) is 83.1 Å². The number of hydrogen-bond acceptors (Lipinski definition) is 5. The van der Waals surface area contributed by atoms with E-state index in [1.807, 2.05) is 0 Å². The molecule has 0 aliphatic rings. The molecule has 0 spiro atoms. The highest BCUT2D eigenvalue weighted by Crippen LogP contribution is 2.64. The van der Waals surface area contributed by atoms with Crippen molar-refractivity contribution in [3.05, 3.63) is 0 Å². The molecule has 1 N–H and O–H groups in total. The van der Waals surface area contributed by atoms with Crippen LogP contribution in [0.3, 0.4) is 0 Å². The fourth-order valence-corrected chi connectivity index (χ4v) is 5.26. The van der Waals surface area contributed by atoms with Crippen LogP contribution in [0.25, 0.3) is 0 Å². The van der Waals surface area contributed by atoms with E-state index in [2.05, 4.69) is 0 Å². The lowest BCUT2D eigenvalue weighted by Gasteiger charge is -2.42. The maximum atomic E-state index is 13.9. The molecule has 0 heterocycles. The van der Waals surface area contributed by atoms with Crippen LogP contribution in [0.5, 0.6) is 0 Å². The van der Waals surface area contributed by atoms with E-state index in [1.54, 1.807) is 0 Å². The molecule has 236 valence electrons. The Balaban J connectivity index is 6.44. The molecule has 0 bridgehead atoms. The normalized spacial score (nSPS) is 16.1. The Morgan fingerprint density at radius 3 is 1.18 bits per heavy atom. The summed E-state index contributed by atoms with van der Waals surface area (Å²) in [7, 11) is -8.02. The summed E-state index contributed by atoms with van der Waals surface area (Å²) in [5, 5.41) is -7.61. The Kier molecular flexibility index (Phi) is 10.6. The fourth-order valence-electron chi connectivity index (χ4n) is 2.48. The van der Waals surface area contributed by atoms with Gasteiger partial charge < -0.3 is 13.3 Å². The first-order valence-electron chi connectivity index (χ1n) is 9.25. The van der Waals surface area contributed by atoms with E-state index in [0.29, 0.717) is 4.72 Å². The molecule has 0 rings (SSSR count). The second-order valence-corrected chi connectivity index (χ2v) is 12.2. The second kappa shape index (κ2) is 10.9. The molecule has 0 saturated heterocycles. The summed E-state index contributed by atoms with van der Waals surface area (Å²) in [5.74, 6) is -51.8. The smallest absolute Gasteiger partial charge is 0.377 e. The molecule has 0 fully saturated rings. The topological polar surface area (TPSA) is 73.9 Å². The van der Waals surface area contributed by atoms with Crippen molar-refractivity contribution in [3.8, 4) is 0 Å². The maximum absolute atomic E-state index is 13.9. The summed E-state index contributed by atoms with van der Waals surface area (Å²) in [4.78, 5) is 0. The van der Waals surface area contributed by atoms with Gasteiger partial charge in [0.15, 0.2) is 0 Å². The first-order chi connectivity index (χ1) is 16.9. The molecule has 0 aliphatic carbocycles. The lowest BCUT2D eigenvalue weighted by molar-refractivity contribution is -0.458. The quantitative estimate of drug-likeness (QED) is 0.150. The predicted octanol–water partition coefficient (Wildman–Crippen LogP) is 5.14. The molecule has 0 amide bonds. The Labute approximate surface area is 208 Å². The molecule has 0 aromatic carbocycles. The fraction of sp³-hybridized carbons (Fsp3) is 1.00. The average Bonchev–Trinajstić information content (AvgIpc) is 2.78. The highest BCUT2D eigenvalue weighted by atomic mass is 32.2. The molecule has 0 aromatic rings. The van der Waals surface area contributed by atoms with Crippen molar-refractivity contribution in [2.75, 3.05) is 27.9 Å². The van der Waals surface area contributed by atoms with Gasteiger partial charge in [0.25, 0.3) is 10.0 Å². The van der Waals surface area contributed by atoms with E-state index >= 15 is 0 Å². The van der Waals surface area contributed by atoms with Crippen LogP contribution in [0.2, 0.25) is 6.04 Å². The molecule has 0 aliphatic heterocycles. The summed E-state index contributed by atoms with van der Waals surface area (Å²) >= 11 is 0. The molecule has 39 heavy (non-hydrogen) atoms.